The van der Waals surface area contributed by atoms with Gasteiger partial charge in [-0.25, -0.2) is 0 Å². The Morgan fingerprint density at radius 3 is 2.17 bits per heavy atom. The highest BCUT2D eigenvalue weighted by Crippen LogP contribution is 2.38. The second-order valence-electron chi connectivity index (χ2n) is 14.3. The van der Waals surface area contributed by atoms with Gasteiger partial charge in [-0.2, -0.15) is 0 Å². The van der Waals surface area contributed by atoms with Crippen molar-refractivity contribution in [2.75, 3.05) is 65.2 Å². The molecule has 18 heteroatoms. The van der Waals surface area contributed by atoms with Crippen molar-refractivity contribution in [1.29, 1.82) is 0 Å². The second-order valence-corrected chi connectivity index (χ2v) is 14.7. The van der Waals surface area contributed by atoms with Gasteiger partial charge in [0.05, 0.1) is 67.8 Å². The lowest BCUT2D eigenvalue weighted by atomic mass is 9.99. The van der Waals surface area contributed by atoms with Crippen molar-refractivity contribution in [2.24, 2.45) is 5.73 Å². The molecule has 1 aromatic heterocycles. The topological polar surface area (TPSA) is 238 Å². The van der Waals surface area contributed by atoms with E-state index in [1.807, 2.05) is 6.92 Å². The van der Waals surface area contributed by atoms with Gasteiger partial charge in [0.2, 0.25) is 17.7 Å². The SMILES string of the molecule is CCOc1cc2oc(-c3ccc(OCCOCCOCCOCCOc4cccc5c4C(=O)N(C4CCC(=O)NC4=O)C5=O)cc3Cl)cc(=O)c2cc1-c1cc(N)cc(C(N)=O)c1. The van der Waals surface area contributed by atoms with Gasteiger partial charge in [0.15, 0.2) is 5.43 Å². The van der Waals surface area contributed by atoms with Gasteiger partial charge in [-0.1, -0.05) is 17.7 Å². The van der Waals surface area contributed by atoms with E-state index in [1.165, 1.54) is 18.2 Å². The molecule has 5 amide bonds. The molecule has 63 heavy (non-hydrogen) atoms. The summed E-state index contributed by atoms with van der Waals surface area (Å²) in [5, 5.41) is 2.76. The normalized spacial score (nSPS) is 14.8. The molecule has 2 aliphatic rings. The average molecular weight is 883 g/mol. The van der Waals surface area contributed by atoms with Crippen LogP contribution in [0.15, 0.2) is 82.0 Å². The minimum absolute atomic E-state index is 0.0305. The van der Waals surface area contributed by atoms with E-state index in [-0.39, 0.29) is 90.5 Å². The van der Waals surface area contributed by atoms with Crippen LogP contribution in [0.3, 0.4) is 0 Å². The quantitative estimate of drug-likeness (QED) is 0.0543. The number of primary amides is 1. The summed E-state index contributed by atoms with van der Waals surface area (Å²) < 4.78 is 40.3. The lowest BCUT2D eigenvalue weighted by Gasteiger charge is -2.27. The lowest BCUT2D eigenvalue weighted by Crippen LogP contribution is -2.54. The Balaban J connectivity index is 0.813. The number of benzene rings is 4. The van der Waals surface area contributed by atoms with Crippen molar-refractivity contribution in [3.8, 4) is 39.7 Å². The van der Waals surface area contributed by atoms with Crippen LogP contribution < -0.4 is 36.4 Å². The molecule has 0 bridgehead atoms. The number of piperidine rings is 1. The lowest BCUT2D eigenvalue weighted by molar-refractivity contribution is -0.136. The van der Waals surface area contributed by atoms with Crippen LogP contribution >= 0.6 is 11.6 Å². The van der Waals surface area contributed by atoms with Crippen molar-refractivity contribution >= 4 is 57.8 Å². The third kappa shape index (κ3) is 10.1. The smallest absolute Gasteiger partial charge is 0.266 e. The van der Waals surface area contributed by atoms with Crippen molar-refractivity contribution in [1.82, 2.24) is 10.2 Å². The summed E-state index contributed by atoms with van der Waals surface area (Å²) in [6, 6.07) is 17.9. The maximum absolute atomic E-state index is 13.4. The molecule has 2 aliphatic heterocycles. The molecule has 1 unspecified atom stereocenters. The van der Waals surface area contributed by atoms with Crippen LogP contribution in [0.4, 0.5) is 5.69 Å². The molecule has 328 valence electrons. The molecule has 5 N–H and O–H groups in total. The van der Waals surface area contributed by atoms with Crippen LogP contribution in [0, 0.1) is 0 Å². The average Bonchev–Trinajstić information content (AvgIpc) is 3.51. The predicted molar refractivity (Wildman–Crippen MR) is 229 cm³/mol. The molecule has 0 saturated carbocycles. The number of nitrogens with one attached hydrogen (secondary N) is 1. The Kier molecular flexibility index (Phi) is 14.0. The molecule has 1 fully saturated rings. The van der Waals surface area contributed by atoms with Gasteiger partial charge in [0.25, 0.3) is 11.8 Å². The van der Waals surface area contributed by atoms with E-state index in [9.17, 15) is 28.8 Å². The minimum Gasteiger partial charge on any atom is -0.493 e. The van der Waals surface area contributed by atoms with Gasteiger partial charge < -0.3 is 44.3 Å². The fourth-order valence-corrected chi connectivity index (χ4v) is 7.39. The molecule has 5 aromatic rings. The monoisotopic (exact) mass is 882 g/mol. The number of amides is 5. The van der Waals surface area contributed by atoms with Gasteiger partial charge in [-0.15, -0.1) is 0 Å². The van der Waals surface area contributed by atoms with E-state index in [0.29, 0.717) is 65.3 Å². The standard InChI is InChI=1S/C45H43ClN4O13/c1-2-60-37-24-39-32(22-31(37)25-18-26(42(48)53)20-27(47)19-25)35(51)23-38(63-39)29-7-6-28(21-33(29)46)61-16-14-58-12-10-57-11-13-59-15-17-62-36-5-3-4-30-41(36)45(56)50(44(30)55)34-8-9-40(52)49-43(34)54/h3-7,18-24,34H,2,8-17,47H2,1H3,(H2,48,53)(H,49,52,54). The number of carbonyl (C=O) groups is 5. The highest BCUT2D eigenvalue weighted by Gasteiger charge is 2.46. The second kappa shape index (κ2) is 19.9. The number of carbonyl (C=O) groups excluding carboxylic acids is 5. The Labute approximate surface area is 365 Å². The number of hydrogen-bond donors (Lipinski definition) is 3. The first-order chi connectivity index (χ1) is 30.4. The first-order valence-electron chi connectivity index (χ1n) is 20.0. The summed E-state index contributed by atoms with van der Waals surface area (Å²) in [7, 11) is 0. The van der Waals surface area contributed by atoms with Crippen LogP contribution in [0.2, 0.25) is 5.02 Å². The molecule has 4 aromatic carbocycles. The van der Waals surface area contributed by atoms with Gasteiger partial charge in [0, 0.05) is 40.9 Å². The molecule has 7 rings (SSSR count). The Bertz CT molecular complexity index is 2650. The Morgan fingerprint density at radius 1 is 0.778 bits per heavy atom. The number of ether oxygens (including phenoxy) is 6. The number of fused-ring (bicyclic) bond motifs is 2. The molecule has 0 spiro atoms. The fourth-order valence-electron chi connectivity index (χ4n) is 7.13. The zero-order valence-electron chi connectivity index (χ0n) is 34.1. The predicted octanol–water partition coefficient (Wildman–Crippen LogP) is 4.77. The first-order valence-corrected chi connectivity index (χ1v) is 20.4. The number of anilines is 1. The number of nitrogens with two attached hydrogens (primary N) is 2. The Morgan fingerprint density at radius 2 is 1.49 bits per heavy atom. The number of hydrogen-bond acceptors (Lipinski definition) is 14. The number of halogens is 1. The van der Waals surface area contributed by atoms with Crippen LogP contribution in [-0.4, -0.2) is 99.9 Å². The van der Waals surface area contributed by atoms with Crippen molar-refractivity contribution in [3.05, 3.63) is 105 Å². The third-order valence-corrected chi connectivity index (χ3v) is 10.4. The number of rotatable bonds is 20. The molecule has 1 atom stereocenters. The zero-order chi connectivity index (χ0) is 44.6. The number of nitrogen functional groups attached to an aromatic ring is 1. The van der Waals surface area contributed by atoms with Crippen LogP contribution in [0.25, 0.3) is 33.4 Å². The van der Waals surface area contributed by atoms with Crippen LogP contribution in [0.5, 0.6) is 17.2 Å². The fraction of sp³-hybridized carbons (Fsp3) is 0.289. The highest BCUT2D eigenvalue weighted by atomic mass is 35.5. The van der Waals surface area contributed by atoms with E-state index in [0.717, 1.165) is 4.90 Å². The van der Waals surface area contributed by atoms with Crippen LogP contribution in [-0.2, 0) is 23.8 Å². The maximum atomic E-state index is 13.4. The summed E-state index contributed by atoms with van der Waals surface area (Å²) in [6.45, 7) is 4.15. The van der Waals surface area contributed by atoms with E-state index < -0.39 is 35.6 Å². The van der Waals surface area contributed by atoms with Gasteiger partial charge >= 0.3 is 0 Å². The van der Waals surface area contributed by atoms with Crippen molar-refractivity contribution < 1.29 is 56.8 Å². The summed E-state index contributed by atoms with van der Waals surface area (Å²) in [4.78, 5) is 76.3. The molecule has 17 nitrogen and oxygen atoms in total. The van der Waals surface area contributed by atoms with Gasteiger partial charge in [-0.05, 0) is 73.5 Å². The van der Waals surface area contributed by atoms with Crippen molar-refractivity contribution in [2.45, 2.75) is 25.8 Å². The number of nitrogens with zero attached hydrogens (tertiary/aromatic N) is 1. The van der Waals surface area contributed by atoms with Gasteiger partial charge in [0.1, 0.15) is 47.8 Å². The van der Waals surface area contributed by atoms with Crippen molar-refractivity contribution in [3.63, 3.8) is 0 Å². The molecule has 1 saturated heterocycles. The molecule has 0 radical (unpaired) electrons. The van der Waals surface area contributed by atoms with E-state index in [1.54, 1.807) is 54.6 Å². The highest BCUT2D eigenvalue weighted by molar-refractivity contribution is 6.33. The third-order valence-electron chi connectivity index (χ3n) is 10.0. The summed E-state index contributed by atoms with van der Waals surface area (Å²) in [5.74, 6) is -1.68. The van der Waals surface area contributed by atoms with E-state index >= 15 is 0 Å². The zero-order valence-corrected chi connectivity index (χ0v) is 34.8. The molecule has 3 heterocycles. The maximum Gasteiger partial charge on any atom is 0.266 e. The Hall–Kier alpha value is -6.79. The summed E-state index contributed by atoms with van der Waals surface area (Å²) in [6.07, 6.45) is 0.0925. The van der Waals surface area contributed by atoms with Crippen LogP contribution in [0.1, 0.15) is 50.8 Å². The molecular weight excluding hydrogens is 840 g/mol. The largest absolute Gasteiger partial charge is 0.493 e. The van der Waals surface area contributed by atoms with Gasteiger partial charge in [-0.3, -0.25) is 39.0 Å². The minimum atomic E-state index is -1.06. The van der Waals surface area contributed by atoms with E-state index in [2.05, 4.69) is 5.32 Å². The first kappa shape index (κ1) is 44.3. The molecular formula is C45H43ClN4O13. The summed E-state index contributed by atoms with van der Waals surface area (Å²) >= 11 is 6.63. The molecule has 0 aliphatic carbocycles. The number of imide groups is 2. The summed E-state index contributed by atoms with van der Waals surface area (Å²) in [5.41, 5.74) is 13.8. The van der Waals surface area contributed by atoms with E-state index in [4.69, 9.17) is 55.9 Å².